The van der Waals surface area contributed by atoms with Crippen LogP contribution in [0.4, 0.5) is 0 Å². The highest BCUT2D eigenvalue weighted by molar-refractivity contribution is 6.02. The summed E-state index contributed by atoms with van der Waals surface area (Å²) in [4.78, 5) is 40.9. The first-order chi connectivity index (χ1) is 18.8. The van der Waals surface area contributed by atoms with Gasteiger partial charge in [-0.3, -0.25) is 30.1 Å². The predicted octanol–water partition coefficient (Wildman–Crippen LogP) is -0.719. The van der Waals surface area contributed by atoms with Crippen molar-refractivity contribution in [2.24, 2.45) is 0 Å². The molecule has 7 N–H and O–H groups in total. The number of imide groups is 1. The van der Waals surface area contributed by atoms with Crippen LogP contribution in [0.15, 0.2) is 42.5 Å². The van der Waals surface area contributed by atoms with E-state index in [9.17, 15) is 19.5 Å². The maximum atomic E-state index is 13.6. The van der Waals surface area contributed by atoms with Crippen LogP contribution in [0.3, 0.4) is 0 Å². The minimum Gasteiger partial charge on any atom is -0.386 e. The molecule has 1 spiro atoms. The Bertz CT molecular complexity index is 1460. The Balaban J connectivity index is 1.16. The highest BCUT2D eigenvalue weighted by Gasteiger charge is 2.67. The van der Waals surface area contributed by atoms with Gasteiger partial charge in [0.2, 0.25) is 11.8 Å². The van der Waals surface area contributed by atoms with E-state index in [2.05, 4.69) is 27.3 Å². The Morgan fingerprint density at radius 2 is 1.79 bits per heavy atom. The lowest BCUT2D eigenvalue weighted by Gasteiger charge is -2.49. The van der Waals surface area contributed by atoms with E-state index in [1.54, 1.807) is 11.0 Å². The van der Waals surface area contributed by atoms with Gasteiger partial charge in [0, 0.05) is 24.9 Å². The van der Waals surface area contributed by atoms with Gasteiger partial charge in [0.15, 0.2) is 17.6 Å². The third-order valence-electron chi connectivity index (χ3n) is 8.70. The molecule has 39 heavy (non-hydrogen) atoms. The molecule has 7 rings (SSSR count). The molecule has 0 radical (unpaired) electrons. The summed E-state index contributed by atoms with van der Waals surface area (Å²) < 4.78 is 0. The Hall–Kier alpha value is -4.45. The zero-order valence-corrected chi connectivity index (χ0v) is 21.0. The molecule has 2 aromatic carbocycles. The Morgan fingerprint density at radius 1 is 1.05 bits per heavy atom. The standard InChI is InChI=1S/C27H28N8O4/c28-25-32-22-18(11-34-20(36)8-9-21(34)37)31-26(29)35-12-19(23(38)27(22,35)33-25)30-24(39)16-7-3-6-15-14-5-2-1-4-13(14)10-17(15)16/h1-7,18-19,22-23,38H,8-12H2,(H2,29,31)(H,30,39)(H3,28,32,33)/t18?,19?,22?,23-,27?/m1/s1. The molecule has 0 saturated carbocycles. The lowest BCUT2D eigenvalue weighted by Crippen LogP contribution is -2.78. The molecular formula is C27H28N8O4. The number of guanidine groups is 2. The predicted molar refractivity (Wildman–Crippen MR) is 140 cm³/mol. The summed E-state index contributed by atoms with van der Waals surface area (Å²) >= 11 is 0. The lowest BCUT2D eigenvalue weighted by atomic mass is 9.87. The number of rotatable bonds is 4. The number of hydrogen-bond acceptors (Lipinski definition) is 6. The number of amides is 3. The topological polar surface area (TPSA) is 174 Å². The van der Waals surface area contributed by atoms with Crippen LogP contribution >= 0.6 is 0 Å². The van der Waals surface area contributed by atoms with Crippen LogP contribution in [0.2, 0.25) is 0 Å². The van der Waals surface area contributed by atoms with Gasteiger partial charge >= 0.3 is 0 Å². The van der Waals surface area contributed by atoms with E-state index in [0.29, 0.717) is 12.0 Å². The normalized spacial score (nSPS) is 30.3. The Morgan fingerprint density at radius 3 is 2.59 bits per heavy atom. The van der Waals surface area contributed by atoms with E-state index in [-0.39, 0.29) is 55.6 Å². The largest absolute Gasteiger partial charge is 0.386 e. The molecule has 4 fully saturated rings. The van der Waals surface area contributed by atoms with Crippen molar-refractivity contribution in [2.75, 3.05) is 13.1 Å². The number of benzene rings is 2. The molecule has 4 heterocycles. The number of hydrogen-bond donors (Lipinski definition) is 7. The van der Waals surface area contributed by atoms with Crippen molar-refractivity contribution in [3.05, 3.63) is 59.2 Å². The van der Waals surface area contributed by atoms with Crippen molar-refractivity contribution in [1.29, 1.82) is 10.8 Å². The van der Waals surface area contributed by atoms with Crippen LogP contribution in [0.1, 0.15) is 34.3 Å². The van der Waals surface area contributed by atoms with Crippen LogP contribution in [-0.4, -0.2) is 87.5 Å². The fourth-order valence-electron chi connectivity index (χ4n) is 6.92. The summed E-state index contributed by atoms with van der Waals surface area (Å²) in [6, 6.07) is 11.7. The molecule has 5 aliphatic rings. The fraction of sp³-hybridized carbons (Fsp3) is 0.370. The van der Waals surface area contributed by atoms with Gasteiger partial charge in [0.1, 0.15) is 6.10 Å². The number of carbonyl (C=O) groups excluding carboxylic acids is 3. The van der Waals surface area contributed by atoms with Crippen molar-refractivity contribution >= 4 is 29.6 Å². The summed E-state index contributed by atoms with van der Waals surface area (Å²) in [5.41, 5.74) is 3.46. The van der Waals surface area contributed by atoms with Crippen LogP contribution < -0.4 is 21.3 Å². The molecule has 0 bridgehead atoms. The summed E-state index contributed by atoms with van der Waals surface area (Å²) in [5, 5.41) is 40.7. The molecule has 12 heteroatoms. The van der Waals surface area contributed by atoms with Crippen LogP contribution in [-0.2, 0) is 16.0 Å². The minimum atomic E-state index is -1.32. The zero-order valence-electron chi connectivity index (χ0n) is 21.0. The van der Waals surface area contributed by atoms with Crippen molar-refractivity contribution in [3.63, 3.8) is 0 Å². The van der Waals surface area contributed by atoms with Gasteiger partial charge in [-0.1, -0.05) is 36.4 Å². The molecule has 1 aliphatic carbocycles. The number of fused-ring (bicyclic) bond motifs is 3. The van der Waals surface area contributed by atoms with Gasteiger partial charge in [-0.15, -0.1) is 0 Å². The first-order valence-electron chi connectivity index (χ1n) is 13.1. The summed E-state index contributed by atoms with van der Waals surface area (Å²) in [6.45, 7) is 0.128. The van der Waals surface area contributed by atoms with Crippen molar-refractivity contribution in [3.8, 4) is 11.1 Å². The first-order valence-corrected chi connectivity index (χ1v) is 13.1. The summed E-state index contributed by atoms with van der Waals surface area (Å²) in [5.74, 6) is -0.940. The van der Waals surface area contributed by atoms with Gasteiger partial charge in [0.05, 0.1) is 24.7 Å². The minimum absolute atomic E-state index is 0.00270. The summed E-state index contributed by atoms with van der Waals surface area (Å²) in [7, 11) is 0. The van der Waals surface area contributed by atoms with Crippen molar-refractivity contribution in [2.45, 2.75) is 49.2 Å². The average molecular weight is 529 g/mol. The van der Waals surface area contributed by atoms with E-state index < -0.39 is 29.9 Å². The number of nitrogens with zero attached hydrogens (tertiary/aromatic N) is 2. The summed E-state index contributed by atoms with van der Waals surface area (Å²) in [6.07, 6.45) is -0.256. The molecule has 0 aromatic heterocycles. The number of carbonyl (C=O) groups is 3. The highest BCUT2D eigenvalue weighted by Crippen LogP contribution is 2.40. The number of aliphatic hydroxyl groups is 1. The third kappa shape index (κ3) is 3.30. The van der Waals surface area contributed by atoms with E-state index in [1.807, 2.05) is 30.3 Å². The highest BCUT2D eigenvalue weighted by atomic mass is 16.3. The maximum Gasteiger partial charge on any atom is 0.251 e. The average Bonchev–Trinajstić information content (AvgIpc) is 3.64. The first kappa shape index (κ1) is 23.7. The van der Waals surface area contributed by atoms with Crippen molar-refractivity contribution < 1.29 is 19.5 Å². The smallest absolute Gasteiger partial charge is 0.251 e. The van der Waals surface area contributed by atoms with E-state index in [0.717, 1.165) is 22.3 Å². The van der Waals surface area contributed by atoms with E-state index >= 15 is 0 Å². The molecule has 4 saturated heterocycles. The van der Waals surface area contributed by atoms with Crippen LogP contribution in [0.25, 0.3) is 11.1 Å². The van der Waals surface area contributed by atoms with Crippen LogP contribution in [0.5, 0.6) is 0 Å². The fourth-order valence-corrected chi connectivity index (χ4v) is 6.92. The van der Waals surface area contributed by atoms with Gasteiger partial charge in [-0.05, 0) is 34.7 Å². The third-order valence-corrected chi connectivity index (χ3v) is 8.70. The Labute approximate surface area is 223 Å². The zero-order chi connectivity index (χ0) is 27.1. The number of aliphatic hydroxyl groups excluding tert-OH is 1. The maximum absolute atomic E-state index is 13.6. The molecular weight excluding hydrogens is 500 g/mol. The molecule has 2 aromatic rings. The number of likely N-dealkylation sites (tertiary alicyclic amines) is 1. The number of nitrogens with one attached hydrogen (secondary N) is 6. The van der Waals surface area contributed by atoms with Gasteiger partial charge in [-0.2, -0.15) is 0 Å². The second-order valence-corrected chi connectivity index (χ2v) is 10.7. The molecule has 200 valence electrons. The van der Waals surface area contributed by atoms with Crippen molar-refractivity contribution in [1.82, 2.24) is 31.1 Å². The molecule has 4 aliphatic heterocycles. The second-order valence-electron chi connectivity index (χ2n) is 10.7. The van der Waals surface area contributed by atoms with Gasteiger partial charge < -0.3 is 31.3 Å². The van der Waals surface area contributed by atoms with E-state index in [1.165, 1.54) is 4.90 Å². The Kier molecular flexibility index (Phi) is 5.02. The SMILES string of the molecule is N=C1NC2C(CN3C(=O)CCC3=O)NC(=N)N3CC(NC(=O)c4cccc5c4Cc4ccccc4-5)[C@@H](O)C23N1. The van der Waals surface area contributed by atoms with E-state index in [4.69, 9.17) is 10.8 Å². The second kappa shape index (κ2) is 8.27. The monoisotopic (exact) mass is 528 g/mol. The molecule has 12 nitrogen and oxygen atoms in total. The molecule has 5 atom stereocenters. The molecule has 4 unspecified atom stereocenters. The van der Waals surface area contributed by atoms with Gasteiger partial charge in [-0.25, -0.2) is 0 Å². The molecule has 3 amide bonds. The lowest BCUT2D eigenvalue weighted by molar-refractivity contribution is -0.139. The van der Waals surface area contributed by atoms with Gasteiger partial charge in [0.25, 0.3) is 5.91 Å². The van der Waals surface area contributed by atoms with Crippen LogP contribution in [0, 0.1) is 10.8 Å². The quantitative estimate of drug-likeness (QED) is 0.217.